The molecule has 1 saturated heterocycles. The summed E-state index contributed by atoms with van der Waals surface area (Å²) in [7, 11) is 0. The second-order valence-electron chi connectivity index (χ2n) is 7.74. The van der Waals surface area contributed by atoms with E-state index in [4.69, 9.17) is 14.3 Å². The number of nitrogens with zero attached hydrogens (tertiary/aromatic N) is 2. The fraction of sp³-hybridized carbons (Fsp3) is 0.333. The highest BCUT2D eigenvalue weighted by Crippen LogP contribution is 2.33. The van der Waals surface area contributed by atoms with E-state index in [1.165, 1.54) is 12.1 Å². The summed E-state index contributed by atoms with van der Waals surface area (Å²) in [5.41, 5.74) is 1.77. The topological polar surface area (TPSA) is 75.8 Å². The molecule has 2 heterocycles. The van der Waals surface area contributed by atoms with Gasteiger partial charge in [-0.1, -0.05) is 36.8 Å². The number of carboxylic acid groups (broad SMARTS) is 1. The van der Waals surface area contributed by atoms with Crippen molar-refractivity contribution in [1.82, 2.24) is 9.88 Å². The van der Waals surface area contributed by atoms with Crippen LogP contribution in [0.25, 0.3) is 0 Å². The fourth-order valence-corrected chi connectivity index (χ4v) is 4.00. The Morgan fingerprint density at radius 3 is 2.94 bits per heavy atom. The zero-order valence-corrected chi connectivity index (χ0v) is 17.2. The summed E-state index contributed by atoms with van der Waals surface area (Å²) in [6, 6.07) is 14.0. The van der Waals surface area contributed by atoms with Gasteiger partial charge < -0.3 is 14.3 Å². The van der Waals surface area contributed by atoms with Gasteiger partial charge in [0.2, 0.25) is 5.89 Å². The van der Waals surface area contributed by atoms with Crippen molar-refractivity contribution in [3.63, 3.8) is 0 Å². The van der Waals surface area contributed by atoms with Gasteiger partial charge in [-0.05, 0) is 43.1 Å². The van der Waals surface area contributed by atoms with E-state index < -0.39 is 5.97 Å². The van der Waals surface area contributed by atoms with E-state index in [1.54, 1.807) is 18.3 Å². The van der Waals surface area contributed by atoms with Crippen LogP contribution < -0.4 is 4.74 Å². The van der Waals surface area contributed by atoms with Crippen LogP contribution in [0.4, 0.5) is 4.39 Å². The Labute approximate surface area is 180 Å². The maximum atomic E-state index is 13.5. The second kappa shape index (κ2) is 9.75. The van der Waals surface area contributed by atoms with Crippen molar-refractivity contribution in [3.05, 3.63) is 83.3 Å². The minimum atomic E-state index is -1.00. The van der Waals surface area contributed by atoms with E-state index in [9.17, 15) is 9.18 Å². The molecule has 1 atom stereocenters. The summed E-state index contributed by atoms with van der Waals surface area (Å²) in [6.07, 6.45) is 5.30. The Morgan fingerprint density at radius 1 is 1.23 bits per heavy atom. The molecule has 0 bridgehead atoms. The number of carboxylic acids is 1. The van der Waals surface area contributed by atoms with Crippen molar-refractivity contribution in [2.45, 2.75) is 38.3 Å². The molecule has 0 spiro atoms. The summed E-state index contributed by atoms with van der Waals surface area (Å²) in [5.74, 6) is 0.676. The number of ether oxygens (including phenoxy) is 1. The smallest absolute Gasteiger partial charge is 0.341 e. The standard InChI is InChI=1S/C24H25FN2O4/c25-19-8-5-6-17(12-19)13-20-14-26-24(31-20)21-9-3-4-11-27(21)15-18-7-1-2-10-22(18)30-16-23(28)29/h1-2,5-8,10,12,14,21H,3-4,9,11,13,15-16H2,(H,28,29)/t21-/m1/s1. The first-order valence-corrected chi connectivity index (χ1v) is 10.4. The second-order valence-corrected chi connectivity index (χ2v) is 7.74. The van der Waals surface area contributed by atoms with Crippen LogP contribution >= 0.6 is 0 Å². The maximum Gasteiger partial charge on any atom is 0.341 e. The molecule has 0 amide bonds. The molecule has 31 heavy (non-hydrogen) atoms. The number of rotatable bonds is 8. The number of carbonyl (C=O) groups is 1. The Hall–Kier alpha value is -3.19. The minimum Gasteiger partial charge on any atom is -0.482 e. The third-order valence-corrected chi connectivity index (χ3v) is 5.43. The van der Waals surface area contributed by atoms with Gasteiger partial charge in [-0.2, -0.15) is 0 Å². The van der Waals surface area contributed by atoms with Gasteiger partial charge in [0.05, 0.1) is 12.2 Å². The highest BCUT2D eigenvalue weighted by molar-refractivity contribution is 5.68. The molecule has 1 fully saturated rings. The van der Waals surface area contributed by atoms with Crippen molar-refractivity contribution in [2.75, 3.05) is 13.2 Å². The molecule has 1 aliphatic rings. The lowest BCUT2D eigenvalue weighted by Crippen LogP contribution is -2.33. The fourth-order valence-electron chi connectivity index (χ4n) is 4.00. The molecule has 1 N–H and O–H groups in total. The summed E-state index contributed by atoms with van der Waals surface area (Å²) >= 11 is 0. The van der Waals surface area contributed by atoms with Gasteiger partial charge >= 0.3 is 5.97 Å². The van der Waals surface area contributed by atoms with Crippen LogP contribution in [0.5, 0.6) is 5.75 Å². The molecule has 0 aliphatic carbocycles. The Bertz CT molecular complexity index is 1040. The lowest BCUT2D eigenvalue weighted by atomic mass is 10.0. The van der Waals surface area contributed by atoms with Crippen LogP contribution in [0.1, 0.15) is 48.1 Å². The number of para-hydroxylation sites is 1. The lowest BCUT2D eigenvalue weighted by molar-refractivity contribution is -0.139. The van der Waals surface area contributed by atoms with Crippen LogP contribution in [0, 0.1) is 5.82 Å². The number of aromatic nitrogens is 1. The molecule has 6 nitrogen and oxygen atoms in total. The highest BCUT2D eigenvalue weighted by Gasteiger charge is 2.28. The third kappa shape index (κ3) is 5.49. The normalized spacial score (nSPS) is 16.9. The van der Waals surface area contributed by atoms with Crippen LogP contribution in [0.3, 0.4) is 0 Å². The van der Waals surface area contributed by atoms with Gasteiger partial charge in [-0.15, -0.1) is 0 Å². The van der Waals surface area contributed by atoms with Crippen LogP contribution in [0.15, 0.2) is 59.1 Å². The zero-order valence-electron chi connectivity index (χ0n) is 17.2. The third-order valence-electron chi connectivity index (χ3n) is 5.43. The van der Waals surface area contributed by atoms with E-state index in [2.05, 4.69) is 9.88 Å². The molecule has 162 valence electrons. The molecule has 4 rings (SSSR count). The SMILES string of the molecule is O=C(O)COc1ccccc1CN1CCCC[C@@H]1c1ncc(Cc2cccc(F)c2)o1. The zero-order chi connectivity index (χ0) is 21.6. The molecule has 2 aromatic carbocycles. The first-order chi connectivity index (χ1) is 15.1. The first-order valence-electron chi connectivity index (χ1n) is 10.4. The number of aliphatic carboxylic acids is 1. The average molecular weight is 424 g/mol. The molecule has 0 radical (unpaired) electrons. The molecular weight excluding hydrogens is 399 g/mol. The van der Waals surface area contributed by atoms with Crippen molar-refractivity contribution in [2.24, 2.45) is 0 Å². The largest absolute Gasteiger partial charge is 0.482 e. The van der Waals surface area contributed by atoms with Crippen molar-refractivity contribution in [1.29, 1.82) is 0 Å². The van der Waals surface area contributed by atoms with Gasteiger partial charge in [0.1, 0.15) is 17.3 Å². The number of likely N-dealkylation sites (tertiary alicyclic amines) is 1. The summed E-state index contributed by atoms with van der Waals surface area (Å²) in [4.78, 5) is 17.7. The van der Waals surface area contributed by atoms with Crippen molar-refractivity contribution < 1.29 is 23.4 Å². The lowest BCUT2D eigenvalue weighted by Gasteiger charge is -2.34. The number of oxazole rings is 1. The average Bonchev–Trinajstić information content (AvgIpc) is 3.22. The van der Waals surface area contributed by atoms with Gasteiger partial charge in [-0.25, -0.2) is 14.2 Å². The van der Waals surface area contributed by atoms with Crippen molar-refractivity contribution in [3.8, 4) is 5.75 Å². The maximum absolute atomic E-state index is 13.5. The molecule has 3 aromatic rings. The molecular formula is C24H25FN2O4. The molecule has 7 heteroatoms. The number of piperidine rings is 1. The predicted molar refractivity (Wildman–Crippen MR) is 112 cm³/mol. The molecule has 1 aromatic heterocycles. The Kier molecular flexibility index (Phi) is 6.62. The quantitative estimate of drug-likeness (QED) is 0.570. The van der Waals surface area contributed by atoms with E-state index in [1.807, 2.05) is 24.3 Å². The van der Waals surface area contributed by atoms with Crippen LogP contribution in [0.2, 0.25) is 0 Å². The van der Waals surface area contributed by atoms with E-state index in [0.29, 0.717) is 30.4 Å². The molecule has 1 aliphatic heterocycles. The number of hydrogen-bond donors (Lipinski definition) is 1. The van der Waals surface area contributed by atoms with Crippen molar-refractivity contribution >= 4 is 5.97 Å². The Balaban J connectivity index is 1.49. The molecule has 0 saturated carbocycles. The van der Waals surface area contributed by atoms with Gasteiger partial charge in [0.25, 0.3) is 0 Å². The van der Waals surface area contributed by atoms with Gasteiger partial charge in [-0.3, -0.25) is 4.90 Å². The minimum absolute atomic E-state index is 0.0301. The Morgan fingerprint density at radius 2 is 2.10 bits per heavy atom. The molecule has 0 unspecified atom stereocenters. The highest BCUT2D eigenvalue weighted by atomic mass is 19.1. The van der Waals surface area contributed by atoms with Crippen LogP contribution in [-0.4, -0.2) is 34.1 Å². The van der Waals surface area contributed by atoms with Gasteiger partial charge in [0.15, 0.2) is 6.61 Å². The number of benzene rings is 2. The van der Waals surface area contributed by atoms with Gasteiger partial charge in [0, 0.05) is 18.5 Å². The van der Waals surface area contributed by atoms with E-state index in [0.717, 1.165) is 36.9 Å². The van der Waals surface area contributed by atoms with E-state index >= 15 is 0 Å². The number of halogens is 1. The number of hydrogen-bond acceptors (Lipinski definition) is 5. The summed E-state index contributed by atoms with van der Waals surface area (Å²) in [5, 5.41) is 8.92. The summed E-state index contributed by atoms with van der Waals surface area (Å²) < 4.78 is 25.0. The monoisotopic (exact) mass is 424 g/mol. The summed E-state index contributed by atoms with van der Waals surface area (Å²) in [6.45, 7) is 1.13. The first kappa shape index (κ1) is 21.1. The predicted octanol–water partition coefficient (Wildman–Crippen LogP) is 4.60. The van der Waals surface area contributed by atoms with Crippen LogP contribution in [-0.2, 0) is 17.8 Å². The van der Waals surface area contributed by atoms with E-state index in [-0.39, 0.29) is 18.5 Å².